The summed E-state index contributed by atoms with van der Waals surface area (Å²) in [6.07, 6.45) is 0.826. The Kier molecular flexibility index (Phi) is 3.51. The highest BCUT2D eigenvalue weighted by atomic mass is 35.5. The molecule has 2 rings (SSSR count). The zero-order valence-corrected chi connectivity index (χ0v) is 10.7. The quantitative estimate of drug-likeness (QED) is 0.714. The summed E-state index contributed by atoms with van der Waals surface area (Å²) in [6.45, 7) is 1.98. The number of aldehydes is 1. The monoisotopic (exact) mass is 264 g/mol. The lowest BCUT2D eigenvalue weighted by Gasteiger charge is -2.09. The van der Waals surface area contributed by atoms with Crippen molar-refractivity contribution >= 4 is 29.5 Å². The van der Waals surface area contributed by atoms with Crippen molar-refractivity contribution in [1.82, 2.24) is 0 Å². The Labute approximate surface area is 110 Å². The van der Waals surface area contributed by atoms with Crippen LogP contribution in [-0.4, -0.2) is 6.29 Å². The Morgan fingerprint density at radius 2 is 1.76 bits per heavy atom. The molecule has 0 heterocycles. The van der Waals surface area contributed by atoms with Crippen LogP contribution in [0.25, 0.3) is 11.1 Å². The van der Waals surface area contributed by atoms with Gasteiger partial charge in [0.1, 0.15) is 6.29 Å². The summed E-state index contributed by atoms with van der Waals surface area (Å²) in [6, 6.07) is 10.9. The first-order valence-corrected chi connectivity index (χ1v) is 5.88. The molecule has 0 saturated carbocycles. The molecular weight excluding hydrogens is 255 g/mol. The first-order chi connectivity index (χ1) is 8.11. The lowest BCUT2D eigenvalue weighted by Crippen LogP contribution is -1.88. The second kappa shape index (κ2) is 4.91. The Morgan fingerprint density at radius 3 is 2.41 bits per heavy atom. The first kappa shape index (κ1) is 12.2. The molecule has 0 bridgehead atoms. The second-order valence-electron chi connectivity index (χ2n) is 3.82. The average Bonchev–Trinajstić information content (AvgIpc) is 2.30. The van der Waals surface area contributed by atoms with Gasteiger partial charge in [-0.3, -0.25) is 4.79 Å². The van der Waals surface area contributed by atoms with Gasteiger partial charge in [-0.1, -0.05) is 41.4 Å². The van der Waals surface area contributed by atoms with Gasteiger partial charge in [-0.15, -0.1) is 0 Å². The fourth-order valence-corrected chi connectivity index (χ4v) is 2.22. The number of carbonyl (C=O) groups is 1. The number of hydrogen-bond donors (Lipinski definition) is 0. The Bertz CT molecular complexity index is 576. The van der Waals surface area contributed by atoms with E-state index in [1.54, 1.807) is 18.2 Å². The minimum absolute atomic E-state index is 0.587. The summed E-state index contributed by atoms with van der Waals surface area (Å²) in [4.78, 5) is 10.8. The highest BCUT2D eigenvalue weighted by Gasteiger charge is 2.07. The van der Waals surface area contributed by atoms with E-state index in [-0.39, 0.29) is 0 Å². The molecule has 0 fully saturated rings. The third-order valence-electron chi connectivity index (χ3n) is 2.62. The van der Waals surface area contributed by atoms with Gasteiger partial charge in [0, 0.05) is 21.2 Å². The minimum Gasteiger partial charge on any atom is -0.298 e. The van der Waals surface area contributed by atoms with Gasteiger partial charge in [0.25, 0.3) is 0 Å². The maximum absolute atomic E-state index is 10.8. The van der Waals surface area contributed by atoms with Gasteiger partial charge in [-0.25, -0.2) is 0 Å². The number of carbonyl (C=O) groups excluding carboxylic acids is 1. The van der Waals surface area contributed by atoms with Crippen molar-refractivity contribution in [3.05, 3.63) is 57.6 Å². The number of benzene rings is 2. The largest absolute Gasteiger partial charge is 0.298 e. The molecule has 2 aromatic carbocycles. The molecule has 0 aliphatic heterocycles. The van der Waals surface area contributed by atoms with E-state index in [1.165, 1.54) is 0 Å². The van der Waals surface area contributed by atoms with Gasteiger partial charge in [-0.2, -0.15) is 0 Å². The van der Waals surface area contributed by atoms with E-state index in [2.05, 4.69) is 0 Å². The van der Waals surface area contributed by atoms with E-state index in [1.807, 2.05) is 25.1 Å². The van der Waals surface area contributed by atoms with Crippen LogP contribution in [0, 0.1) is 6.92 Å². The molecule has 86 valence electrons. The molecule has 0 aromatic heterocycles. The van der Waals surface area contributed by atoms with Crippen molar-refractivity contribution in [3.63, 3.8) is 0 Å². The topological polar surface area (TPSA) is 17.1 Å². The standard InChI is InChI=1S/C14H10Cl2O/c1-9-2-3-10(8-17)6-13(9)12-5-4-11(15)7-14(12)16/h2-8H,1H3. The van der Waals surface area contributed by atoms with E-state index in [4.69, 9.17) is 23.2 Å². The van der Waals surface area contributed by atoms with Crippen LogP contribution in [0.4, 0.5) is 0 Å². The van der Waals surface area contributed by atoms with Crippen LogP contribution >= 0.6 is 23.2 Å². The molecule has 0 amide bonds. The van der Waals surface area contributed by atoms with Crippen molar-refractivity contribution in [1.29, 1.82) is 0 Å². The van der Waals surface area contributed by atoms with Crippen LogP contribution in [0.5, 0.6) is 0 Å². The predicted molar refractivity (Wildman–Crippen MR) is 72.0 cm³/mol. The van der Waals surface area contributed by atoms with Crippen LogP contribution in [0.2, 0.25) is 10.0 Å². The molecule has 0 atom stereocenters. The smallest absolute Gasteiger partial charge is 0.150 e. The van der Waals surface area contributed by atoms with Crippen LogP contribution < -0.4 is 0 Å². The first-order valence-electron chi connectivity index (χ1n) is 5.13. The second-order valence-corrected chi connectivity index (χ2v) is 4.66. The van der Waals surface area contributed by atoms with Crippen LogP contribution in [0.1, 0.15) is 15.9 Å². The normalized spacial score (nSPS) is 10.3. The number of aryl methyl sites for hydroxylation is 1. The number of halogens is 2. The molecule has 1 nitrogen and oxygen atoms in total. The number of rotatable bonds is 2. The number of hydrogen-bond acceptors (Lipinski definition) is 1. The van der Waals surface area contributed by atoms with E-state index in [9.17, 15) is 4.79 Å². The van der Waals surface area contributed by atoms with Crippen LogP contribution in [0.15, 0.2) is 36.4 Å². The average molecular weight is 265 g/mol. The zero-order valence-electron chi connectivity index (χ0n) is 9.21. The molecule has 0 aliphatic carbocycles. The Balaban J connectivity index is 2.63. The lowest BCUT2D eigenvalue weighted by atomic mass is 9.98. The van der Waals surface area contributed by atoms with Crippen LogP contribution in [-0.2, 0) is 0 Å². The maximum Gasteiger partial charge on any atom is 0.150 e. The molecule has 0 aliphatic rings. The molecular formula is C14H10Cl2O. The summed E-state index contributed by atoms with van der Waals surface area (Å²) >= 11 is 12.0. The molecule has 2 aromatic rings. The third kappa shape index (κ3) is 2.51. The van der Waals surface area contributed by atoms with Crippen molar-refractivity contribution in [2.45, 2.75) is 6.92 Å². The van der Waals surface area contributed by atoms with E-state index in [0.29, 0.717) is 15.6 Å². The van der Waals surface area contributed by atoms with Crippen molar-refractivity contribution in [2.24, 2.45) is 0 Å². The summed E-state index contributed by atoms with van der Waals surface area (Å²) < 4.78 is 0. The van der Waals surface area contributed by atoms with Gasteiger partial charge in [-0.05, 0) is 36.2 Å². The van der Waals surface area contributed by atoms with E-state index in [0.717, 1.165) is 23.0 Å². The van der Waals surface area contributed by atoms with Gasteiger partial charge in [0.15, 0.2) is 0 Å². The molecule has 17 heavy (non-hydrogen) atoms. The maximum atomic E-state index is 10.8. The Hall–Kier alpha value is -1.31. The highest BCUT2D eigenvalue weighted by molar-refractivity contribution is 6.36. The predicted octanol–water partition coefficient (Wildman–Crippen LogP) is 4.78. The summed E-state index contributed by atoms with van der Waals surface area (Å²) in [7, 11) is 0. The van der Waals surface area contributed by atoms with Gasteiger partial charge >= 0.3 is 0 Å². The fraction of sp³-hybridized carbons (Fsp3) is 0.0714. The van der Waals surface area contributed by atoms with Gasteiger partial charge < -0.3 is 0 Å². The lowest BCUT2D eigenvalue weighted by molar-refractivity contribution is 0.112. The highest BCUT2D eigenvalue weighted by Crippen LogP contribution is 2.32. The van der Waals surface area contributed by atoms with E-state index < -0.39 is 0 Å². The van der Waals surface area contributed by atoms with Crippen molar-refractivity contribution in [3.8, 4) is 11.1 Å². The summed E-state index contributed by atoms with van der Waals surface area (Å²) in [5, 5.41) is 1.19. The Morgan fingerprint density at radius 1 is 1.00 bits per heavy atom. The fourth-order valence-electron chi connectivity index (χ4n) is 1.71. The van der Waals surface area contributed by atoms with Crippen molar-refractivity contribution < 1.29 is 4.79 Å². The molecule has 0 unspecified atom stereocenters. The molecule has 0 radical (unpaired) electrons. The third-order valence-corrected chi connectivity index (χ3v) is 3.17. The van der Waals surface area contributed by atoms with E-state index >= 15 is 0 Å². The molecule has 0 saturated heterocycles. The van der Waals surface area contributed by atoms with Crippen molar-refractivity contribution in [2.75, 3.05) is 0 Å². The molecule has 0 N–H and O–H groups in total. The van der Waals surface area contributed by atoms with Gasteiger partial charge in [0.2, 0.25) is 0 Å². The summed E-state index contributed by atoms with van der Waals surface area (Å²) in [5.74, 6) is 0. The van der Waals surface area contributed by atoms with Gasteiger partial charge in [0.05, 0.1) is 0 Å². The molecule has 0 spiro atoms. The molecule has 3 heteroatoms. The SMILES string of the molecule is Cc1ccc(C=O)cc1-c1ccc(Cl)cc1Cl. The zero-order chi connectivity index (χ0) is 12.4. The summed E-state index contributed by atoms with van der Waals surface area (Å²) in [5.41, 5.74) is 3.55. The van der Waals surface area contributed by atoms with Crippen LogP contribution in [0.3, 0.4) is 0 Å². The minimum atomic E-state index is 0.587.